The van der Waals surface area contributed by atoms with E-state index >= 15 is 0 Å². The molecule has 0 unspecified atom stereocenters. The maximum Gasteiger partial charge on any atom is 0.171 e. The standard InChI is InChI=1S/C20H24ClN3OS/c1-15(22-20(26)23-18-10-6-5-9-17(18)21)19(16-7-3-2-4-8-16)24-11-13-25-14-12-24/h2-10,15,19H,11-14H2,1H3,(H2,22,23,26)/t15-,19-/m0/s1. The zero-order chi connectivity index (χ0) is 18.4. The summed E-state index contributed by atoms with van der Waals surface area (Å²) in [7, 11) is 0. The van der Waals surface area contributed by atoms with E-state index in [0.717, 1.165) is 32.0 Å². The van der Waals surface area contributed by atoms with Gasteiger partial charge in [-0.25, -0.2) is 0 Å². The van der Waals surface area contributed by atoms with Crippen molar-refractivity contribution in [3.8, 4) is 0 Å². The number of thiocarbonyl (C=S) groups is 1. The fraction of sp³-hybridized carbons (Fsp3) is 0.350. The van der Waals surface area contributed by atoms with Crippen LogP contribution in [0.1, 0.15) is 18.5 Å². The van der Waals surface area contributed by atoms with Crippen molar-refractivity contribution in [2.24, 2.45) is 0 Å². The highest BCUT2D eigenvalue weighted by Crippen LogP contribution is 2.26. The summed E-state index contributed by atoms with van der Waals surface area (Å²) in [6.45, 7) is 5.51. The van der Waals surface area contributed by atoms with E-state index in [2.05, 4.69) is 46.7 Å². The molecule has 0 spiro atoms. The molecule has 4 nitrogen and oxygen atoms in total. The fourth-order valence-electron chi connectivity index (χ4n) is 3.33. The molecule has 26 heavy (non-hydrogen) atoms. The van der Waals surface area contributed by atoms with E-state index in [1.165, 1.54) is 5.56 Å². The van der Waals surface area contributed by atoms with E-state index in [0.29, 0.717) is 10.1 Å². The minimum atomic E-state index is 0.123. The number of nitrogens with zero attached hydrogens (tertiary/aromatic N) is 1. The first-order valence-corrected chi connectivity index (χ1v) is 9.62. The summed E-state index contributed by atoms with van der Waals surface area (Å²) >= 11 is 11.7. The summed E-state index contributed by atoms with van der Waals surface area (Å²) in [6.07, 6.45) is 0. The van der Waals surface area contributed by atoms with E-state index in [9.17, 15) is 0 Å². The number of nitrogens with one attached hydrogen (secondary N) is 2. The first-order chi connectivity index (χ1) is 12.6. The molecule has 2 N–H and O–H groups in total. The predicted molar refractivity (Wildman–Crippen MR) is 112 cm³/mol. The van der Waals surface area contributed by atoms with Gasteiger partial charge < -0.3 is 15.4 Å². The SMILES string of the molecule is C[C@H](NC(=S)Nc1ccccc1Cl)[C@@H](c1ccccc1)N1CCOCC1. The van der Waals surface area contributed by atoms with Gasteiger partial charge in [-0.1, -0.05) is 54.1 Å². The zero-order valence-corrected chi connectivity index (χ0v) is 16.4. The van der Waals surface area contributed by atoms with Gasteiger partial charge in [0.2, 0.25) is 0 Å². The van der Waals surface area contributed by atoms with Crippen molar-refractivity contribution < 1.29 is 4.74 Å². The summed E-state index contributed by atoms with van der Waals surface area (Å²) in [6, 6.07) is 18.5. The van der Waals surface area contributed by atoms with Gasteiger partial charge in [-0.3, -0.25) is 4.90 Å². The van der Waals surface area contributed by atoms with Crippen LogP contribution in [-0.4, -0.2) is 42.4 Å². The van der Waals surface area contributed by atoms with Gasteiger partial charge in [0, 0.05) is 19.1 Å². The number of anilines is 1. The highest BCUT2D eigenvalue weighted by molar-refractivity contribution is 7.80. The second-order valence-corrected chi connectivity index (χ2v) is 7.19. The Labute approximate surface area is 165 Å². The van der Waals surface area contributed by atoms with Crippen LogP contribution in [0.4, 0.5) is 5.69 Å². The predicted octanol–water partition coefficient (Wildman–Crippen LogP) is 4.09. The smallest absolute Gasteiger partial charge is 0.171 e. The first kappa shape index (κ1) is 19.1. The van der Waals surface area contributed by atoms with Gasteiger partial charge in [-0.15, -0.1) is 0 Å². The Morgan fingerprint density at radius 3 is 2.42 bits per heavy atom. The third kappa shape index (κ3) is 4.95. The molecule has 138 valence electrons. The van der Waals surface area contributed by atoms with Crippen molar-refractivity contribution in [2.75, 3.05) is 31.6 Å². The van der Waals surface area contributed by atoms with Crippen LogP contribution in [0.5, 0.6) is 0 Å². The van der Waals surface area contributed by atoms with Crippen molar-refractivity contribution >= 4 is 34.6 Å². The first-order valence-electron chi connectivity index (χ1n) is 8.84. The second kappa shape index (κ2) is 9.33. The van der Waals surface area contributed by atoms with Crippen molar-refractivity contribution in [1.29, 1.82) is 0 Å². The molecule has 1 aliphatic heterocycles. The Morgan fingerprint density at radius 1 is 1.08 bits per heavy atom. The minimum absolute atomic E-state index is 0.123. The number of rotatable bonds is 5. The number of hydrogen-bond acceptors (Lipinski definition) is 3. The van der Waals surface area contributed by atoms with Crippen LogP contribution in [0, 0.1) is 0 Å². The van der Waals surface area contributed by atoms with E-state index in [4.69, 9.17) is 28.6 Å². The molecular weight excluding hydrogens is 366 g/mol. The molecule has 6 heteroatoms. The quantitative estimate of drug-likeness (QED) is 0.753. The van der Waals surface area contributed by atoms with Gasteiger partial charge in [-0.2, -0.15) is 0 Å². The fourth-order valence-corrected chi connectivity index (χ4v) is 3.81. The lowest BCUT2D eigenvalue weighted by atomic mass is 9.98. The Kier molecular flexibility index (Phi) is 6.86. The van der Waals surface area contributed by atoms with Crippen LogP contribution in [0.15, 0.2) is 54.6 Å². The molecule has 0 saturated carbocycles. The molecule has 2 aromatic carbocycles. The van der Waals surface area contributed by atoms with Crippen LogP contribution in [0.3, 0.4) is 0 Å². The van der Waals surface area contributed by atoms with Gasteiger partial charge in [0.15, 0.2) is 5.11 Å². The average molecular weight is 390 g/mol. The van der Waals surface area contributed by atoms with Gasteiger partial charge in [0.25, 0.3) is 0 Å². The van der Waals surface area contributed by atoms with Crippen LogP contribution in [0.25, 0.3) is 0 Å². The molecule has 0 bridgehead atoms. The Hall–Kier alpha value is -1.66. The Morgan fingerprint density at radius 2 is 1.73 bits per heavy atom. The van der Waals surface area contributed by atoms with Gasteiger partial charge >= 0.3 is 0 Å². The van der Waals surface area contributed by atoms with Crippen LogP contribution in [-0.2, 0) is 4.74 Å². The monoisotopic (exact) mass is 389 g/mol. The highest BCUT2D eigenvalue weighted by atomic mass is 35.5. The molecule has 1 heterocycles. The molecule has 1 saturated heterocycles. The summed E-state index contributed by atoms with van der Waals surface area (Å²) in [5.41, 5.74) is 2.08. The molecule has 0 aliphatic carbocycles. The number of halogens is 1. The lowest BCUT2D eigenvalue weighted by molar-refractivity contribution is 0.0102. The number of morpholine rings is 1. The molecule has 0 amide bonds. The summed E-state index contributed by atoms with van der Waals surface area (Å²) in [5.74, 6) is 0. The second-order valence-electron chi connectivity index (χ2n) is 6.37. The van der Waals surface area contributed by atoms with E-state index in [1.54, 1.807) is 0 Å². The minimum Gasteiger partial charge on any atom is -0.379 e. The largest absolute Gasteiger partial charge is 0.379 e. The van der Waals surface area contributed by atoms with Crippen molar-refractivity contribution in [1.82, 2.24) is 10.2 Å². The number of ether oxygens (including phenoxy) is 1. The lowest BCUT2D eigenvalue weighted by Crippen LogP contribution is -2.49. The van der Waals surface area contributed by atoms with Gasteiger partial charge in [0.1, 0.15) is 0 Å². The molecule has 2 aromatic rings. The molecule has 1 aliphatic rings. The van der Waals surface area contributed by atoms with Crippen LogP contribution in [0.2, 0.25) is 5.02 Å². The normalized spacial score (nSPS) is 17.3. The molecular formula is C20H24ClN3OS. The van der Waals surface area contributed by atoms with Crippen molar-refractivity contribution in [2.45, 2.75) is 19.0 Å². The van der Waals surface area contributed by atoms with E-state index < -0.39 is 0 Å². The molecule has 2 atom stereocenters. The number of benzene rings is 2. The molecule has 0 radical (unpaired) electrons. The van der Waals surface area contributed by atoms with Gasteiger partial charge in [0.05, 0.1) is 30.0 Å². The van der Waals surface area contributed by atoms with E-state index in [1.807, 2.05) is 30.3 Å². The summed E-state index contributed by atoms with van der Waals surface area (Å²) in [5, 5.41) is 7.85. The molecule has 0 aromatic heterocycles. The van der Waals surface area contributed by atoms with Crippen LogP contribution < -0.4 is 10.6 Å². The van der Waals surface area contributed by atoms with Crippen molar-refractivity contribution in [3.63, 3.8) is 0 Å². The molecule has 3 rings (SSSR count). The van der Waals surface area contributed by atoms with Crippen LogP contribution >= 0.6 is 23.8 Å². The van der Waals surface area contributed by atoms with E-state index in [-0.39, 0.29) is 12.1 Å². The average Bonchev–Trinajstić information content (AvgIpc) is 2.65. The highest BCUT2D eigenvalue weighted by Gasteiger charge is 2.28. The Bertz CT molecular complexity index is 722. The number of hydrogen-bond donors (Lipinski definition) is 2. The summed E-state index contributed by atoms with van der Waals surface area (Å²) < 4.78 is 5.52. The lowest BCUT2D eigenvalue weighted by Gasteiger charge is -2.38. The third-order valence-corrected chi connectivity index (χ3v) is 5.08. The number of para-hydroxylation sites is 1. The summed E-state index contributed by atoms with van der Waals surface area (Å²) in [4.78, 5) is 2.45. The Balaban J connectivity index is 1.71. The van der Waals surface area contributed by atoms with Gasteiger partial charge in [-0.05, 0) is 36.8 Å². The molecule has 1 fully saturated rings. The third-order valence-electron chi connectivity index (χ3n) is 4.53. The zero-order valence-electron chi connectivity index (χ0n) is 14.8. The maximum atomic E-state index is 6.21. The topological polar surface area (TPSA) is 36.5 Å². The van der Waals surface area contributed by atoms with Crippen molar-refractivity contribution in [3.05, 3.63) is 65.2 Å². The maximum absolute atomic E-state index is 6.21.